The van der Waals surface area contributed by atoms with Crippen molar-refractivity contribution in [3.05, 3.63) is 66.1 Å². The zero-order valence-corrected chi connectivity index (χ0v) is 19.1. The zero-order chi connectivity index (χ0) is 22.1. The Hall–Kier alpha value is -2.49. The fourth-order valence-corrected chi connectivity index (χ4v) is 7.22. The molecule has 0 aliphatic heterocycles. The van der Waals surface area contributed by atoms with Gasteiger partial charge >= 0.3 is 0 Å². The maximum Gasteiger partial charge on any atom is 0.287 e. The summed E-state index contributed by atoms with van der Waals surface area (Å²) in [6, 6.07) is 11.8. The number of furan rings is 1. The number of para-hydroxylation sites is 1. The smallest absolute Gasteiger partial charge is 0.287 e. The SMILES string of the molecule is C=CCc1ccccc1OCc1ccc(C(=O)NC(CC)C23CC4CC(CC(C4)C2)C3)o1. The van der Waals surface area contributed by atoms with Crippen molar-refractivity contribution in [2.45, 2.75) is 70.9 Å². The molecule has 0 spiro atoms. The van der Waals surface area contributed by atoms with Crippen LogP contribution in [0.15, 0.2) is 53.5 Å². The van der Waals surface area contributed by atoms with Crippen molar-refractivity contribution in [1.82, 2.24) is 5.32 Å². The number of ether oxygens (including phenoxy) is 1. The molecule has 1 unspecified atom stereocenters. The van der Waals surface area contributed by atoms with Gasteiger partial charge in [0.1, 0.15) is 18.1 Å². The highest BCUT2D eigenvalue weighted by Gasteiger charge is 2.54. The molecule has 2 aromatic rings. The first kappa shape index (κ1) is 21.4. The minimum atomic E-state index is -0.0918. The fourth-order valence-electron chi connectivity index (χ4n) is 7.22. The molecular formula is C28H35NO3. The number of hydrogen-bond donors (Lipinski definition) is 1. The summed E-state index contributed by atoms with van der Waals surface area (Å²) in [4.78, 5) is 13.1. The Morgan fingerprint density at radius 2 is 1.84 bits per heavy atom. The number of benzene rings is 1. The van der Waals surface area contributed by atoms with Crippen LogP contribution in [0.1, 0.15) is 73.7 Å². The van der Waals surface area contributed by atoms with E-state index in [4.69, 9.17) is 9.15 Å². The van der Waals surface area contributed by atoms with Crippen molar-refractivity contribution < 1.29 is 13.9 Å². The van der Waals surface area contributed by atoms with Gasteiger partial charge in [0.15, 0.2) is 5.76 Å². The number of rotatable bonds is 9. The van der Waals surface area contributed by atoms with Crippen LogP contribution in [0.4, 0.5) is 0 Å². The molecule has 1 aromatic carbocycles. The first-order chi connectivity index (χ1) is 15.6. The Balaban J connectivity index is 1.23. The highest BCUT2D eigenvalue weighted by molar-refractivity contribution is 5.91. The molecule has 0 radical (unpaired) electrons. The van der Waals surface area contributed by atoms with Crippen LogP contribution in [0.3, 0.4) is 0 Å². The standard InChI is InChI=1S/C28H35NO3/c1-3-7-22-8-5-6-9-24(22)31-18-23-10-11-25(32-23)27(30)29-26(4-2)28-15-19-12-20(16-28)14-21(13-19)17-28/h3,5-6,8-11,19-21,26H,1,4,7,12-18H2,2H3,(H,29,30). The summed E-state index contributed by atoms with van der Waals surface area (Å²) in [6.07, 6.45) is 11.7. The van der Waals surface area contributed by atoms with Crippen molar-refractivity contribution in [2.24, 2.45) is 23.2 Å². The molecule has 1 atom stereocenters. The highest BCUT2D eigenvalue weighted by Crippen LogP contribution is 2.61. The molecule has 4 heteroatoms. The first-order valence-electron chi connectivity index (χ1n) is 12.3. The monoisotopic (exact) mass is 433 g/mol. The van der Waals surface area contributed by atoms with Crippen LogP contribution in [0, 0.1) is 23.2 Å². The summed E-state index contributed by atoms with van der Waals surface area (Å²) in [6.45, 7) is 6.32. The van der Waals surface area contributed by atoms with Crippen LogP contribution in [-0.4, -0.2) is 11.9 Å². The van der Waals surface area contributed by atoms with Gasteiger partial charge in [0, 0.05) is 6.04 Å². The summed E-state index contributed by atoms with van der Waals surface area (Å²) in [7, 11) is 0. The van der Waals surface area contributed by atoms with Gasteiger partial charge in [-0.25, -0.2) is 0 Å². The molecule has 0 saturated heterocycles. The number of amides is 1. The van der Waals surface area contributed by atoms with E-state index in [1.807, 2.05) is 36.4 Å². The summed E-state index contributed by atoms with van der Waals surface area (Å²) >= 11 is 0. The lowest BCUT2D eigenvalue weighted by Gasteiger charge is -2.59. The van der Waals surface area contributed by atoms with Crippen LogP contribution >= 0.6 is 0 Å². The predicted octanol–water partition coefficient (Wildman–Crippen LogP) is 6.31. The van der Waals surface area contributed by atoms with E-state index in [2.05, 4.69) is 18.8 Å². The van der Waals surface area contributed by atoms with E-state index in [9.17, 15) is 4.79 Å². The van der Waals surface area contributed by atoms with Gasteiger partial charge in [0.2, 0.25) is 0 Å². The third kappa shape index (κ3) is 4.12. The lowest BCUT2D eigenvalue weighted by Crippen LogP contribution is -2.56. The third-order valence-electron chi connectivity index (χ3n) is 8.13. The van der Waals surface area contributed by atoms with Gasteiger partial charge in [-0.15, -0.1) is 6.58 Å². The van der Waals surface area contributed by atoms with Crippen LogP contribution in [0.2, 0.25) is 0 Å². The number of allylic oxidation sites excluding steroid dienone is 1. The summed E-state index contributed by atoms with van der Waals surface area (Å²) in [5, 5.41) is 3.37. The fraction of sp³-hybridized carbons (Fsp3) is 0.536. The third-order valence-corrected chi connectivity index (χ3v) is 8.13. The van der Waals surface area contributed by atoms with Gasteiger partial charge < -0.3 is 14.5 Å². The molecule has 4 fully saturated rings. The van der Waals surface area contributed by atoms with Gasteiger partial charge in [-0.3, -0.25) is 4.79 Å². The van der Waals surface area contributed by atoms with Crippen molar-refractivity contribution in [3.63, 3.8) is 0 Å². The summed E-state index contributed by atoms with van der Waals surface area (Å²) in [5.41, 5.74) is 1.39. The molecule has 4 bridgehead atoms. The van der Waals surface area contributed by atoms with Gasteiger partial charge in [-0.05, 0) is 98.3 Å². The average Bonchev–Trinajstić information content (AvgIpc) is 3.25. The number of carbonyl (C=O) groups excluding carboxylic acids is 1. The summed E-state index contributed by atoms with van der Waals surface area (Å²) < 4.78 is 11.8. The quantitative estimate of drug-likeness (QED) is 0.471. The van der Waals surface area contributed by atoms with Crippen LogP contribution < -0.4 is 10.1 Å². The van der Waals surface area contributed by atoms with Crippen molar-refractivity contribution in [1.29, 1.82) is 0 Å². The maximum atomic E-state index is 13.1. The van der Waals surface area contributed by atoms with Crippen LogP contribution in [-0.2, 0) is 13.0 Å². The van der Waals surface area contributed by atoms with E-state index < -0.39 is 0 Å². The molecular weight excluding hydrogens is 398 g/mol. The molecule has 1 N–H and O–H groups in total. The van der Waals surface area contributed by atoms with Gasteiger partial charge in [0.05, 0.1) is 0 Å². The molecule has 1 aromatic heterocycles. The second-order valence-corrected chi connectivity index (χ2v) is 10.4. The van der Waals surface area contributed by atoms with Crippen molar-refractivity contribution in [3.8, 4) is 5.75 Å². The number of nitrogens with one attached hydrogen (secondary N) is 1. The molecule has 4 aliphatic rings. The Morgan fingerprint density at radius 3 is 2.50 bits per heavy atom. The summed E-state index contributed by atoms with van der Waals surface area (Å²) in [5.74, 6) is 4.40. The number of hydrogen-bond acceptors (Lipinski definition) is 3. The molecule has 4 aliphatic carbocycles. The highest BCUT2D eigenvalue weighted by atomic mass is 16.5. The first-order valence-corrected chi connectivity index (χ1v) is 12.3. The Labute approximate surface area is 191 Å². The minimum absolute atomic E-state index is 0.0918. The molecule has 4 nitrogen and oxygen atoms in total. The second-order valence-electron chi connectivity index (χ2n) is 10.4. The zero-order valence-electron chi connectivity index (χ0n) is 19.1. The topological polar surface area (TPSA) is 51.5 Å². The van der Waals surface area contributed by atoms with Gasteiger partial charge in [0.25, 0.3) is 5.91 Å². The molecule has 32 heavy (non-hydrogen) atoms. The second kappa shape index (κ2) is 8.80. The largest absolute Gasteiger partial charge is 0.485 e. The van der Waals surface area contributed by atoms with Crippen molar-refractivity contribution >= 4 is 5.91 Å². The van der Waals surface area contributed by atoms with Crippen LogP contribution in [0.25, 0.3) is 0 Å². The maximum absolute atomic E-state index is 13.1. The van der Waals surface area contributed by atoms with E-state index in [-0.39, 0.29) is 11.9 Å². The average molecular weight is 434 g/mol. The molecule has 4 saturated carbocycles. The molecule has 1 amide bonds. The Bertz CT molecular complexity index is 939. The minimum Gasteiger partial charge on any atom is -0.485 e. The molecule has 170 valence electrons. The van der Waals surface area contributed by atoms with E-state index in [1.165, 1.54) is 38.5 Å². The Morgan fingerprint density at radius 1 is 1.16 bits per heavy atom. The van der Waals surface area contributed by atoms with E-state index in [0.29, 0.717) is 23.5 Å². The molecule has 1 heterocycles. The number of carbonyl (C=O) groups is 1. The lowest BCUT2D eigenvalue weighted by atomic mass is 9.47. The normalized spacial score (nSPS) is 29.0. The van der Waals surface area contributed by atoms with Crippen molar-refractivity contribution in [2.75, 3.05) is 0 Å². The van der Waals surface area contributed by atoms with E-state index in [1.54, 1.807) is 6.07 Å². The van der Waals surface area contributed by atoms with Gasteiger partial charge in [-0.2, -0.15) is 0 Å². The van der Waals surface area contributed by atoms with E-state index >= 15 is 0 Å². The van der Waals surface area contributed by atoms with Gasteiger partial charge in [-0.1, -0.05) is 31.2 Å². The van der Waals surface area contributed by atoms with E-state index in [0.717, 1.165) is 41.9 Å². The van der Waals surface area contributed by atoms with Crippen LogP contribution in [0.5, 0.6) is 5.75 Å². The molecule has 6 rings (SSSR count). The lowest BCUT2D eigenvalue weighted by molar-refractivity contribution is -0.0728. The Kier molecular flexibility index (Phi) is 5.88. The predicted molar refractivity (Wildman–Crippen MR) is 126 cm³/mol.